The van der Waals surface area contributed by atoms with Gasteiger partial charge in [0.25, 0.3) is 0 Å². The van der Waals surface area contributed by atoms with Gasteiger partial charge in [0.1, 0.15) is 12.0 Å². The highest BCUT2D eigenvalue weighted by Gasteiger charge is 2.08. The summed E-state index contributed by atoms with van der Waals surface area (Å²) in [6.07, 6.45) is 3.82. The molecule has 0 aliphatic carbocycles. The van der Waals surface area contributed by atoms with E-state index in [4.69, 9.17) is 0 Å². The maximum atomic E-state index is 4.20. The first kappa shape index (κ1) is 17.9. The smallest absolute Gasteiger partial charge is 0.147 e. The van der Waals surface area contributed by atoms with Crippen LogP contribution in [0.25, 0.3) is 0 Å². The number of anilines is 1. The molecule has 0 aliphatic heterocycles. The Balaban J connectivity index is 2.58. The highest BCUT2D eigenvalue weighted by molar-refractivity contribution is 5.50. The molecule has 0 bridgehead atoms. The Hall–Kier alpha value is -2.14. The van der Waals surface area contributed by atoms with Crippen LogP contribution in [-0.4, -0.2) is 25.5 Å². The average Bonchev–Trinajstić information content (AvgIpc) is 2.48. The number of rotatable bonds is 7. The third-order valence-electron chi connectivity index (χ3n) is 2.88. The molecule has 0 saturated heterocycles. The standard InChI is InChI=1S/C17H27N5/c1-14(22(6)12-11-18-5)20-21-16-9-7-15(8-10-16)19-13-17(2,3)4/h7-12,18-19H,1,13H2,2-6H3/p+1. The Morgan fingerprint density at radius 3 is 2.50 bits per heavy atom. The van der Waals surface area contributed by atoms with Crippen molar-refractivity contribution in [3.63, 3.8) is 0 Å². The molecule has 0 saturated carbocycles. The fourth-order valence-corrected chi connectivity index (χ4v) is 1.50. The number of hydrogen-bond acceptors (Lipinski definition) is 4. The molecule has 0 atom stereocenters. The van der Waals surface area contributed by atoms with Crippen LogP contribution in [0.2, 0.25) is 0 Å². The van der Waals surface area contributed by atoms with Crippen LogP contribution in [0.3, 0.4) is 0 Å². The zero-order valence-corrected chi connectivity index (χ0v) is 14.3. The second kappa shape index (κ2) is 8.34. The largest absolute Gasteiger partial charge is 0.385 e. The summed E-state index contributed by atoms with van der Waals surface area (Å²) in [5.41, 5.74) is 2.15. The lowest BCUT2D eigenvalue weighted by Gasteiger charge is -2.19. The average molecular weight is 302 g/mol. The van der Waals surface area contributed by atoms with E-state index in [1.54, 1.807) is 0 Å². The Labute approximate surface area is 133 Å². The van der Waals surface area contributed by atoms with Crippen molar-refractivity contribution in [2.24, 2.45) is 15.6 Å². The SMILES string of the molecule is C=C(N=Nc1ccc(NCC(C)(C)C)cc1)N(C)C=C[NH2+]C. The van der Waals surface area contributed by atoms with E-state index in [1.807, 2.05) is 61.0 Å². The van der Waals surface area contributed by atoms with Crippen LogP contribution in [0.15, 0.2) is 59.3 Å². The molecule has 22 heavy (non-hydrogen) atoms. The molecule has 5 heteroatoms. The Morgan fingerprint density at radius 1 is 1.32 bits per heavy atom. The highest BCUT2D eigenvalue weighted by atomic mass is 15.3. The van der Waals surface area contributed by atoms with E-state index in [9.17, 15) is 0 Å². The van der Waals surface area contributed by atoms with Crippen molar-refractivity contribution in [1.82, 2.24) is 4.90 Å². The summed E-state index contributed by atoms with van der Waals surface area (Å²) in [6.45, 7) is 11.4. The molecule has 0 heterocycles. The number of hydrogen-bond donors (Lipinski definition) is 2. The first-order valence-electron chi connectivity index (χ1n) is 7.45. The van der Waals surface area contributed by atoms with Crippen molar-refractivity contribution in [1.29, 1.82) is 0 Å². The molecule has 0 aliphatic rings. The number of nitrogens with one attached hydrogen (secondary N) is 1. The molecule has 0 radical (unpaired) electrons. The first-order valence-corrected chi connectivity index (χ1v) is 7.45. The van der Waals surface area contributed by atoms with Crippen LogP contribution in [0.5, 0.6) is 0 Å². The highest BCUT2D eigenvalue weighted by Crippen LogP contribution is 2.20. The molecule has 0 spiro atoms. The zero-order chi connectivity index (χ0) is 16.6. The van der Waals surface area contributed by atoms with Crippen LogP contribution < -0.4 is 10.6 Å². The third-order valence-corrected chi connectivity index (χ3v) is 2.88. The van der Waals surface area contributed by atoms with E-state index in [0.29, 0.717) is 5.82 Å². The topological polar surface area (TPSA) is 56.6 Å². The summed E-state index contributed by atoms with van der Waals surface area (Å²) in [7, 11) is 3.85. The van der Waals surface area contributed by atoms with Crippen LogP contribution in [0, 0.1) is 5.41 Å². The first-order chi connectivity index (χ1) is 10.3. The minimum Gasteiger partial charge on any atom is -0.385 e. The lowest BCUT2D eigenvalue weighted by molar-refractivity contribution is -0.557. The summed E-state index contributed by atoms with van der Waals surface area (Å²) in [5.74, 6) is 0.591. The molecule has 1 aromatic carbocycles. The molecular formula is C17H28N5+. The fraction of sp³-hybridized carbons (Fsp3) is 0.412. The number of nitrogens with zero attached hydrogens (tertiary/aromatic N) is 3. The molecule has 5 nitrogen and oxygen atoms in total. The summed E-state index contributed by atoms with van der Waals surface area (Å²) in [4.78, 5) is 1.82. The van der Waals surface area contributed by atoms with Crippen molar-refractivity contribution >= 4 is 11.4 Å². The van der Waals surface area contributed by atoms with Gasteiger partial charge in [-0.3, -0.25) is 0 Å². The number of azo groups is 1. The minimum atomic E-state index is 0.254. The monoisotopic (exact) mass is 302 g/mol. The van der Waals surface area contributed by atoms with E-state index in [-0.39, 0.29) is 5.41 Å². The third kappa shape index (κ3) is 7.04. The van der Waals surface area contributed by atoms with E-state index in [2.05, 4.69) is 42.9 Å². The quantitative estimate of drug-likeness (QED) is 0.759. The molecule has 0 unspecified atom stereocenters. The van der Waals surface area contributed by atoms with Crippen LogP contribution >= 0.6 is 0 Å². The predicted octanol–water partition coefficient (Wildman–Crippen LogP) is 3.30. The molecule has 0 fully saturated rings. The van der Waals surface area contributed by atoms with Crippen molar-refractivity contribution in [3.05, 3.63) is 49.1 Å². The summed E-state index contributed by atoms with van der Waals surface area (Å²) in [6, 6.07) is 7.91. The predicted molar refractivity (Wildman–Crippen MR) is 92.8 cm³/mol. The van der Waals surface area contributed by atoms with Gasteiger partial charge in [-0.2, -0.15) is 0 Å². The number of quaternary nitrogens is 1. The molecule has 0 amide bonds. The maximum Gasteiger partial charge on any atom is 0.147 e. The van der Waals surface area contributed by atoms with Crippen molar-refractivity contribution < 1.29 is 5.32 Å². The van der Waals surface area contributed by atoms with Gasteiger partial charge in [-0.15, -0.1) is 10.2 Å². The lowest BCUT2D eigenvalue weighted by Crippen LogP contribution is -2.72. The molecule has 1 aromatic rings. The molecule has 0 aromatic heterocycles. The van der Waals surface area contributed by atoms with Crippen molar-refractivity contribution in [2.45, 2.75) is 20.8 Å². The number of nitrogens with two attached hydrogens (primary N) is 1. The van der Waals surface area contributed by atoms with Gasteiger partial charge in [0.2, 0.25) is 0 Å². The van der Waals surface area contributed by atoms with Gasteiger partial charge in [0, 0.05) is 19.3 Å². The van der Waals surface area contributed by atoms with Gasteiger partial charge >= 0.3 is 0 Å². The van der Waals surface area contributed by atoms with Gasteiger partial charge in [0.15, 0.2) is 0 Å². The van der Waals surface area contributed by atoms with Gasteiger partial charge in [0.05, 0.1) is 18.9 Å². The van der Waals surface area contributed by atoms with E-state index < -0.39 is 0 Å². The van der Waals surface area contributed by atoms with Crippen LogP contribution in [0.4, 0.5) is 11.4 Å². The molecular weight excluding hydrogens is 274 g/mol. The normalized spacial score (nSPS) is 12.0. The van der Waals surface area contributed by atoms with Gasteiger partial charge in [-0.25, -0.2) is 0 Å². The van der Waals surface area contributed by atoms with Crippen LogP contribution in [0.1, 0.15) is 20.8 Å². The minimum absolute atomic E-state index is 0.254. The molecule has 1 rings (SSSR count). The fourth-order valence-electron chi connectivity index (χ4n) is 1.50. The molecule has 3 N–H and O–H groups in total. The Morgan fingerprint density at radius 2 is 1.95 bits per heavy atom. The lowest BCUT2D eigenvalue weighted by atomic mass is 9.97. The van der Waals surface area contributed by atoms with Crippen LogP contribution in [-0.2, 0) is 0 Å². The van der Waals surface area contributed by atoms with E-state index in [1.165, 1.54) is 0 Å². The maximum absolute atomic E-state index is 4.20. The Kier molecular flexibility index (Phi) is 6.79. The number of benzene rings is 1. The van der Waals surface area contributed by atoms with E-state index in [0.717, 1.165) is 17.9 Å². The summed E-state index contributed by atoms with van der Waals surface area (Å²) >= 11 is 0. The van der Waals surface area contributed by atoms with Gasteiger partial charge in [-0.05, 0) is 29.7 Å². The van der Waals surface area contributed by atoms with E-state index >= 15 is 0 Å². The van der Waals surface area contributed by atoms with Crippen molar-refractivity contribution in [2.75, 3.05) is 26.0 Å². The second-order valence-corrected chi connectivity index (χ2v) is 6.36. The zero-order valence-electron chi connectivity index (χ0n) is 14.3. The summed E-state index contributed by atoms with van der Waals surface area (Å²) < 4.78 is 0. The van der Waals surface area contributed by atoms with Gasteiger partial charge < -0.3 is 15.5 Å². The summed E-state index contributed by atoms with van der Waals surface area (Å²) in [5, 5.41) is 13.7. The van der Waals surface area contributed by atoms with Gasteiger partial charge in [-0.1, -0.05) is 27.4 Å². The van der Waals surface area contributed by atoms with Crippen molar-refractivity contribution in [3.8, 4) is 0 Å². The Bertz CT molecular complexity index is 523. The molecule has 120 valence electrons. The second-order valence-electron chi connectivity index (χ2n) is 6.36.